The molecule has 0 aliphatic carbocycles. The van der Waals surface area contributed by atoms with Crippen LogP contribution in [0.25, 0.3) is 5.31 Å². The van der Waals surface area contributed by atoms with Gasteiger partial charge in [0.15, 0.2) is 0 Å². The third kappa shape index (κ3) is 3.80. The van der Waals surface area contributed by atoms with Crippen molar-refractivity contribution >= 4 is 24.7 Å². The highest BCUT2D eigenvalue weighted by atomic mass is 32.2. The third-order valence-electron chi connectivity index (χ3n) is 4.73. The van der Waals surface area contributed by atoms with E-state index in [-0.39, 0.29) is 5.41 Å². The molecule has 4 rings (SSSR count). The van der Waals surface area contributed by atoms with E-state index in [2.05, 4.69) is 0 Å². The maximum Gasteiger partial charge on any atom is 0.362 e. The Kier molecular flexibility index (Phi) is 5.08. The largest absolute Gasteiger partial charge is 0.388 e. The molecular formula is C21H23O4PS. The highest BCUT2D eigenvalue weighted by Gasteiger charge is 2.42. The molecule has 1 saturated heterocycles. The number of fused-ring (bicyclic) bond motifs is 1. The number of thioether (sulfide) groups is 1. The minimum absolute atomic E-state index is 0.174. The summed E-state index contributed by atoms with van der Waals surface area (Å²) in [6.45, 7) is 4.80. The Bertz CT molecular complexity index is 909. The van der Waals surface area contributed by atoms with Gasteiger partial charge in [-0.1, -0.05) is 74.1 Å². The minimum atomic E-state index is -3.48. The van der Waals surface area contributed by atoms with Crippen molar-refractivity contribution in [3.63, 3.8) is 0 Å². The molecule has 0 amide bonds. The van der Waals surface area contributed by atoms with E-state index < -0.39 is 13.7 Å². The van der Waals surface area contributed by atoms with Gasteiger partial charge in [-0.25, -0.2) is 0 Å². The highest BCUT2D eigenvalue weighted by molar-refractivity contribution is 8.03. The van der Waals surface area contributed by atoms with Crippen LogP contribution in [0.3, 0.4) is 0 Å². The standard InChI is InChI=1S/C21H23O4PS/c1-21(2)13-24-26(23,25-14-21)20(15-8-4-3-5-9-15)19-12-17(22)16-10-6-7-11-18(16)27-19/h3-11,17,22H,12-14H2,1-2H3/b20-19+/t17-/m1/s1. The van der Waals surface area contributed by atoms with E-state index in [0.717, 1.165) is 20.9 Å². The molecule has 1 fully saturated rings. The van der Waals surface area contributed by atoms with Gasteiger partial charge in [0.05, 0.1) is 24.6 Å². The normalized spacial score (nSPS) is 25.5. The zero-order valence-electron chi connectivity index (χ0n) is 15.4. The van der Waals surface area contributed by atoms with E-state index >= 15 is 0 Å². The molecule has 2 aliphatic heterocycles. The summed E-state index contributed by atoms with van der Waals surface area (Å²) >= 11 is 1.54. The van der Waals surface area contributed by atoms with Gasteiger partial charge in [-0.15, -0.1) is 0 Å². The van der Waals surface area contributed by atoms with Crippen LogP contribution < -0.4 is 0 Å². The molecule has 2 aromatic rings. The summed E-state index contributed by atoms with van der Waals surface area (Å²) in [7, 11) is -3.48. The van der Waals surface area contributed by atoms with E-state index in [0.29, 0.717) is 24.9 Å². The monoisotopic (exact) mass is 402 g/mol. The van der Waals surface area contributed by atoms with Crippen molar-refractivity contribution in [2.75, 3.05) is 13.2 Å². The number of aliphatic hydroxyl groups excluding tert-OH is 1. The van der Waals surface area contributed by atoms with Crippen LogP contribution in [0.15, 0.2) is 64.4 Å². The van der Waals surface area contributed by atoms with Crippen molar-refractivity contribution in [3.05, 3.63) is 70.6 Å². The average molecular weight is 402 g/mol. The van der Waals surface area contributed by atoms with Crippen molar-refractivity contribution in [2.24, 2.45) is 5.41 Å². The fourth-order valence-corrected chi connectivity index (χ4v) is 7.14. The van der Waals surface area contributed by atoms with Gasteiger partial charge in [-0.3, -0.25) is 4.57 Å². The second-order valence-corrected chi connectivity index (χ2v) is 10.8. The molecule has 1 N–H and O–H groups in total. The fourth-order valence-electron chi connectivity index (χ4n) is 3.25. The van der Waals surface area contributed by atoms with Gasteiger partial charge in [-0.05, 0) is 17.2 Å². The Balaban J connectivity index is 1.83. The smallest absolute Gasteiger partial charge is 0.362 e. The molecule has 2 aromatic carbocycles. The predicted molar refractivity (Wildman–Crippen MR) is 109 cm³/mol. The molecule has 142 valence electrons. The molecule has 0 saturated carbocycles. The molecule has 1 atom stereocenters. The second-order valence-electron chi connectivity index (χ2n) is 7.71. The van der Waals surface area contributed by atoms with E-state index in [1.54, 1.807) is 11.8 Å². The number of hydrogen-bond donors (Lipinski definition) is 1. The lowest BCUT2D eigenvalue weighted by Gasteiger charge is -2.36. The Labute approximate surface area is 164 Å². The van der Waals surface area contributed by atoms with Crippen LogP contribution in [0.2, 0.25) is 0 Å². The molecule has 2 heterocycles. The second kappa shape index (κ2) is 7.23. The summed E-state index contributed by atoms with van der Waals surface area (Å²) in [5, 5.41) is 11.3. The van der Waals surface area contributed by atoms with Gasteiger partial charge in [0.2, 0.25) is 0 Å². The van der Waals surface area contributed by atoms with Crippen molar-refractivity contribution in [1.29, 1.82) is 0 Å². The zero-order chi connectivity index (χ0) is 19.1. The summed E-state index contributed by atoms with van der Waals surface area (Å²) < 4.78 is 25.5. The first-order chi connectivity index (χ1) is 12.9. The molecule has 0 aromatic heterocycles. The number of rotatable bonds is 2. The van der Waals surface area contributed by atoms with Crippen LogP contribution in [0.1, 0.15) is 37.5 Å². The quantitative estimate of drug-likeness (QED) is 0.639. The summed E-state index contributed by atoms with van der Waals surface area (Å²) in [6, 6.07) is 17.4. The third-order valence-corrected chi connectivity index (χ3v) is 8.10. The summed E-state index contributed by atoms with van der Waals surface area (Å²) in [5.74, 6) is 0. The van der Waals surface area contributed by atoms with Crippen molar-refractivity contribution in [3.8, 4) is 0 Å². The highest BCUT2D eigenvalue weighted by Crippen LogP contribution is 2.67. The number of benzene rings is 2. The molecule has 0 bridgehead atoms. The first-order valence-corrected chi connectivity index (χ1v) is 11.4. The lowest BCUT2D eigenvalue weighted by Crippen LogP contribution is -2.29. The fraction of sp³-hybridized carbons (Fsp3) is 0.333. The summed E-state index contributed by atoms with van der Waals surface area (Å²) in [4.78, 5) is 1.82. The van der Waals surface area contributed by atoms with Crippen LogP contribution in [0.4, 0.5) is 0 Å². The summed E-state index contributed by atoms with van der Waals surface area (Å²) in [5.41, 5.74) is 1.55. The van der Waals surface area contributed by atoms with Gasteiger partial charge >= 0.3 is 7.60 Å². The van der Waals surface area contributed by atoms with Crippen LogP contribution in [-0.4, -0.2) is 18.3 Å². The maximum atomic E-state index is 13.7. The molecule has 0 unspecified atom stereocenters. The molecule has 0 spiro atoms. The molecule has 27 heavy (non-hydrogen) atoms. The van der Waals surface area contributed by atoms with Crippen LogP contribution in [0, 0.1) is 5.41 Å². The van der Waals surface area contributed by atoms with Crippen molar-refractivity contribution < 1.29 is 18.7 Å². The Morgan fingerprint density at radius 1 is 1.07 bits per heavy atom. The lowest BCUT2D eigenvalue weighted by atomic mass is 9.97. The van der Waals surface area contributed by atoms with Crippen LogP contribution >= 0.6 is 19.4 Å². The van der Waals surface area contributed by atoms with Crippen LogP contribution in [-0.2, 0) is 13.6 Å². The molecule has 4 nitrogen and oxygen atoms in total. The van der Waals surface area contributed by atoms with Crippen molar-refractivity contribution in [2.45, 2.75) is 31.3 Å². The van der Waals surface area contributed by atoms with Gasteiger partial charge in [0, 0.05) is 21.6 Å². The van der Waals surface area contributed by atoms with E-state index in [4.69, 9.17) is 9.05 Å². The Morgan fingerprint density at radius 2 is 1.70 bits per heavy atom. The predicted octanol–water partition coefficient (Wildman–Crippen LogP) is 5.85. The summed E-state index contributed by atoms with van der Waals surface area (Å²) in [6.07, 6.45) is -0.240. The topological polar surface area (TPSA) is 55.8 Å². The van der Waals surface area contributed by atoms with Gasteiger partial charge in [0.1, 0.15) is 0 Å². The molecule has 0 radical (unpaired) electrons. The Morgan fingerprint density at radius 3 is 2.41 bits per heavy atom. The molecule has 6 heteroatoms. The SMILES string of the molecule is CC1(C)COP(=O)(/C(=C2\C[C@@H](O)c3ccccc3S2)c2ccccc2)OC1. The van der Waals surface area contributed by atoms with Gasteiger partial charge < -0.3 is 14.2 Å². The first-order valence-electron chi connectivity index (χ1n) is 9.01. The number of aliphatic hydroxyl groups is 1. The molecular weight excluding hydrogens is 379 g/mol. The van der Waals surface area contributed by atoms with E-state index in [1.807, 2.05) is 68.4 Å². The molecule has 2 aliphatic rings. The van der Waals surface area contributed by atoms with Crippen molar-refractivity contribution in [1.82, 2.24) is 0 Å². The number of hydrogen-bond acceptors (Lipinski definition) is 5. The Hall–Kier alpha value is -1.36. The van der Waals surface area contributed by atoms with E-state index in [1.165, 1.54) is 0 Å². The average Bonchev–Trinajstić information content (AvgIpc) is 2.66. The van der Waals surface area contributed by atoms with Crippen LogP contribution in [0.5, 0.6) is 0 Å². The first kappa shape index (κ1) is 19.0. The van der Waals surface area contributed by atoms with Gasteiger partial charge in [-0.2, -0.15) is 0 Å². The zero-order valence-corrected chi connectivity index (χ0v) is 17.1. The lowest BCUT2D eigenvalue weighted by molar-refractivity contribution is 0.0467. The van der Waals surface area contributed by atoms with E-state index in [9.17, 15) is 9.67 Å². The minimum Gasteiger partial charge on any atom is -0.388 e. The maximum absolute atomic E-state index is 13.7. The van der Waals surface area contributed by atoms with Gasteiger partial charge in [0.25, 0.3) is 0 Å².